The van der Waals surface area contributed by atoms with Crippen LogP contribution in [0.25, 0.3) is 0 Å². The van der Waals surface area contributed by atoms with E-state index in [4.69, 9.17) is 10.5 Å². The van der Waals surface area contributed by atoms with Crippen LogP contribution in [0, 0.1) is 6.92 Å². The monoisotopic (exact) mass is 336 g/mol. The number of carbonyl (C=O) groups is 1. The minimum atomic E-state index is -1.33. The summed E-state index contributed by atoms with van der Waals surface area (Å²) >= 11 is -1.33. The fourth-order valence-corrected chi connectivity index (χ4v) is 4.15. The normalized spacial score (nSPS) is 22.6. The van der Waals surface area contributed by atoms with Gasteiger partial charge in [-0.1, -0.05) is 12.1 Å². The summed E-state index contributed by atoms with van der Waals surface area (Å²) in [5.41, 5.74) is 8.00. The third-order valence-corrected chi connectivity index (χ3v) is 5.77. The molecule has 1 aliphatic heterocycles. The van der Waals surface area contributed by atoms with Crippen LogP contribution in [0.5, 0.6) is 5.75 Å². The van der Waals surface area contributed by atoms with E-state index in [9.17, 15) is 9.35 Å². The summed E-state index contributed by atoms with van der Waals surface area (Å²) in [6, 6.07) is 5.25. The summed E-state index contributed by atoms with van der Waals surface area (Å²) in [5.74, 6) is 0.650. The molecule has 1 heterocycles. The first kappa shape index (κ1) is 17.8. The number of ketones is 1. The minimum absolute atomic E-state index is 0.0858. The van der Waals surface area contributed by atoms with Gasteiger partial charge >= 0.3 is 0 Å². The Bertz CT molecular complexity index is 637. The lowest BCUT2D eigenvalue weighted by atomic mass is 9.96. The van der Waals surface area contributed by atoms with Gasteiger partial charge in [0.05, 0.1) is 7.11 Å². The molecular formula is C17H24N2O3S. The molecule has 2 atom stereocenters. The van der Waals surface area contributed by atoms with Gasteiger partial charge in [0.15, 0.2) is 5.78 Å². The van der Waals surface area contributed by atoms with Crippen molar-refractivity contribution in [3.63, 3.8) is 0 Å². The molecule has 1 aliphatic rings. The Kier molecular flexibility index (Phi) is 5.08. The highest BCUT2D eigenvalue weighted by Gasteiger charge is 2.47. The molecule has 0 radical (unpaired) electrons. The standard InChI is InChI=1S/C17H24N2O3S/c1-11-12(7-6-8-15(11)22-5)16-13(9-18)14(20)10-19(16)23(21)17(2,3)4/h6-9,16H,10,18H2,1-5H3/b13-9+/t16-,23-/m1/s1. The molecule has 0 aromatic heterocycles. The lowest BCUT2D eigenvalue weighted by Gasteiger charge is -2.33. The molecule has 5 nitrogen and oxygen atoms in total. The van der Waals surface area contributed by atoms with Gasteiger partial charge in [-0.3, -0.25) is 4.79 Å². The van der Waals surface area contributed by atoms with E-state index in [1.807, 2.05) is 45.9 Å². The fourth-order valence-electron chi connectivity index (χ4n) is 2.79. The predicted octanol–water partition coefficient (Wildman–Crippen LogP) is 2.23. The number of benzene rings is 1. The number of rotatable bonds is 3. The van der Waals surface area contributed by atoms with Gasteiger partial charge < -0.3 is 15.0 Å². The van der Waals surface area contributed by atoms with Crippen LogP contribution >= 0.6 is 0 Å². The van der Waals surface area contributed by atoms with Crippen molar-refractivity contribution in [3.05, 3.63) is 41.1 Å². The molecule has 0 bridgehead atoms. The van der Waals surface area contributed by atoms with Crippen molar-refractivity contribution in [2.75, 3.05) is 13.7 Å². The zero-order chi connectivity index (χ0) is 17.4. The molecule has 126 valence electrons. The summed E-state index contributed by atoms with van der Waals surface area (Å²) in [4.78, 5) is 12.3. The summed E-state index contributed by atoms with van der Waals surface area (Å²) in [6.07, 6.45) is 1.34. The molecule has 0 saturated carbocycles. The van der Waals surface area contributed by atoms with Crippen molar-refractivity contribution in [3.8, 4) is 5.75 Å². The van der Waals surface area contributed by atoms with Crippen molar-refractivity contribution in [2.45, 2.75) is 38.5 Å². The molecule has 0 aliphatic carbocycles. The Hall–Kier alpha value is -1.50. The zero-order valence-electron chi connectivity index (χ0n) is 14.3. The maximum atomic E-state index is 12.9. The molecule has 2 N–H and O–H groups in total. The van der Waals surface area contributed by atoms with Gasteiger partial charge in [0, 0.05) is 23.1 Å². The van der Waals surface area contributed by atoms with Gasteiger partial charge in [0.25, 0.3) is 0 Å². The predicted molar refractivity (Wildman–Crippen MR) is 92.4 cm³/mol. The first-order valence-electron chi connectivity index (χ1n) is 7.49. The average Bonchev–Trinajstić information content (AvgIpc) is 2.82. The van der Waals surface area contributed by atoms with Crippen molar-refractivity contribution in [1.82, 2.24) is 4.31 Å². The van der Waals surface area contributed by atoms with Crippen LogP contribution in [0.3, 0.4) is 0 Å². The maximum absolute atomic E-state index is 12.9. The molecule has 0 amide bonds. The molecule has 6 heteroatoms. The second-order valence-electron chi connectivity index (χ2n) is 6.56. The second kappa shape index (κ2) is 6.55. The van der Waals surface area contributed by atoms with E-state index in [2.05, 4.69) is 0 Å². The van der Waals surface area contributed by atoms with Crippen LogP contribution in [-0.2, 0) is 16.2 Å². The van der Waals surface area contributed by atoms with E-state index in [0.717, 1.165) is 16.9 Å². The molecule has 0 unspecified atom stereocenters. The fraction of sp³-hybridized carbons (Fsp3) is 0.471. The molecule has 1 aromatic carbocycles. The van der Waals surface area contributed by atoms with Gasteiger partial charge in [-0.15, -0.1) is 4.31 Å². The highest BCUT2D eigenvalue weighted by molar-refractivity contribution is 7.90. The van der Waals surface area contributed by atoms with Crippen molar-refractivity contribution < 1.29 is 14.1 Å². The number of hydrogen-bond donors (Lipinski definition) is 1. The number of Topliss-reactive ketones (excluding diaryl/α,β-unsaturated/α-hetero) is 1. The number of hydrogen-bond acceptors (Lipinski definition) is 5. The van der Waals surface area contributed by atoms with Crippen LogP contribution in [0.2, 0.25) is 0 Å². The Morgan fingerprint density at radius 3 is 2.61 bits per heavy atom. The minimum Gasteiger partial charge on any atom is -0.597 e. The molecule has 0 spiro atoms. The van der Waals surface area contributed by atoms with Crippen molar-refractivity contribution >= 4 is 17.1 Å². The highest BCUT2D eigenvalue weighted by Crippen LogP contribution is 2.42. The lowest BCUT2D eigenvalue weighted by Crippen LogP contribution is -2.43. The number of nitrogens with zero attached hydrogens (tertiary/aromatic N) is 1. The van der Waals surface area contributed by atoms with E-state index >= 15 is 0 Å². The van der Waals surface area contributed by atoms with Gasteiger partial charge in [-0.2, -0.15) is 0 Å². The van der Waals surface area contributed by atoms with Crippen LogP contribution in [0.15, 0.2) is 30.0 Å². The Morgan fingerprint density at radius 2 is 2.09 bits per heavy atom. The molecule has 1 fully saturated rings. The zero-order valence-corrected chi connectivity index (χ0v) is 15.1. The van der Waals surface area contributed by atoms with Gasteiger partial charge in [-0.05, 0) is 44.9 Å². The summed E-state index contributed by atoms with van der Waals surface area (Å²) < 4.78 is 19.5. The first-order valence-corrected chi connectivity index (χ1v) is 8.60. The lowest BCUT2D eigenvalue weighted by molar-refractivity contribution is -0.114. The second-order valence-corrected chi connectivity index (χ2v) is 8.75. The molecular weight excluding hydrogens is 312 g/mol. The maximum Gasteiger partial charge on any atom is 0.181 e. The van der Waals surface area contributed by atoms with E-state index in [0.29, 0.717) is 5.57 Å². The van der Waals surface area contributed by atoms with Crippen LogP contribution in [0.1, 0.15) is 37.9 Å². The topological polar surface area (TPSA) is 78.6 Å². The molecule has 23 heavy (non-hydrogen) atoms. The molecule has 1 aromatic rings. The Morgan fingerprint density at radius 1 is 1.43 bits per heavy atom. The van der Waals surface area contributed by atoms with Crippen LogP contribution in [0.4, 0.5) is 0 Å². The molecule has 2 rings (SSSR count). The van der Waals surface area contributed by atoms with Crippen LogP contribution in [-0.4, -0.2) is 33.0 Å². The first-order chi connectivity index (χ1) is 10.7. The average molecular weight is 336 g/mol. The van der Waals surface area contributed by atoms with Gasteiger partial charge in [0.1, 0.15) is 23.1 Å². The van der Waals surface area contributed by atoms with Crippen molar-refractivity contribution in [1.29, 1.82) is 0 Å². The van der Waals surface area contributed by atoms with Crippen molar-refractivity contribution in [2.24, 2.45) is 5.73 Å². The Balaban J connectivity index is 2.56. The number of methoxy groups -OCH3 is 1. The van der Waals surface area contributed by atoms with E-state index in [1.54, 1.807) is 11.4 Å². The van der Waals surface area contributed by atoms with Gasteiger partial charge in [-0.25, -0.2) is 0 Å². The third-order valence-electron chi connectivity index (χ3n) is 3.96. The highest BCUT2D eigenvalue weighted by atomic mass is 32.2. The SMILES string of the molecule is COc1cccc([C@@H]2/C(=C/N)C(=O)CN2[S@+]([O-])C(C)(C)C)c1C. The third kappa shape index (κ3) is 3.24. The van der Waals surface area contributed by atoms with Crippen LogP contribution < -0.4 is 10.5 Å². The molecule has 1 saturated heterocycles. The smallest absolute Gasteiger partial charge is 0.181 e. The number of carbonyl (C=O) groups excluding carboxylic acids is 1. The van der Waals surface area contributed by atoms with E-state index in [-0.39, 0.29) is 12.3 Å². The summed E-state index contributed by atoms with van der Waals surface area (Å²) in [5, 5.41) is 0. The number of nitrogens with two attached hydrogens (primary N) is 1. The van der Waals surface area contributed by atoms with Gasteiger partial charge in [0.2, 0.25) is 0 Å². The quantitative estimate of drug-likeness (QED) is 0.676. The van der Waals surface area contributed by atoms with E-state index < -0.39 is 22.2 Å². The largest absolute Gasteiger partial charge is 0.597 e. The summed E-state index contributed by atoms with van der Waals surface area (Å²) in [7, 11) is 1.61. The number of ether oxygens (including phenoxy) is 1. The summed E-state index contributed by atoms with van der Waals surface area (Å²) in [6.45, 7) is 7.73. The Labute approximate surface area is 140 Å². The van der Waals surface area contributed by atoms with E-state index in [1.165, 1.54) is 6.20 Å².